The van der Waals surface area contributed by atoms with Gasteiger partial charge in [0.15, 0.2) is 11.5 Å². The number of benzene rings is 2. The van der Waals surface area contributed by atoms with Gasteiger partial charge in [0.25, 0.3) is 15.9 Å². The maximum absolute atomic E-state index is 13.6. The Morgan fingerprint density at radius 1 is 1.09 bits per heavy atom. The second-order valence-electron chi connectivity index (χ2n) is 9.58. The zero-order chi connectivity index (χ0) is 23.7. The number of ether oxygens (including phenoxy) is 2. The first-order valence-corrected chi connectivity index (χ1v) is 13.2. The summed E-state index contributed by atoms with van der Waals surface area (Å²) in [6, 6.07) is 9.86. The van der Waals surface area contributed by atoms with Crippen LogP contribution in [-0.2, 0) is 20.2 Å². The summed E-state index contributed by atoms with van der Waals surface area (Å²) in [5.74, 6) is 0.398. The van der Waals surface area contributed by atoms with E-state index in [4.69, 9.17) is 9.47 Å². The molecule has 1 fully saturated rings. The van der Waals surface area contributed by atoms with E-state index in [0.29, 0.717) is 29.8 Å². The van der Waals surface area contributed by atoms with E-state index in [1.54, 1.807) is 17.0 Å². The SMILES string of the molecule is CC1c2cc3c(cc2C2(CCCC2)CN1C(=O)CN1C(=O)c2ccccc2S1(=O)=O)OCCO3. The minimum absolute atomic E-state index is 0.0409. The van der Waals surface area contributed by atoms with Gasteiger partial charge in [-0.2, -0.15) is 0 Å². The summed E-state index contributed by atoms with van der Waals surface area (Å²) in [5.41, 5.74) is 2.11. The number of amides is 2. The van der Waals surface area contributed by atoms with Crippen LogP contribution in [0, 0.1) is 0 Å². The Kier molecular flexibility index (Phi) is 4.71. The van der Waals surface area contributed by atoms with Crippen LogP contribution in [-0.4, -0.2) is 55.7 Å². The third kappa shape index (κ3) is 2.99. The van der Waals surface area contributed by atoms with E-state index < -0.39 is 22.5 Å². The first kappa shape index (κ1) is 21.5. The molecule has 2 aromatic carbocycles. The fourth-order valence-electron chi connectivity index (χ4n) is 6.01. The van der Waals surface area contributed by atoms with E-state index in [1.165, 1.54) is 17.7 Å². The summed E-state index contributed by atoms with van der Waals surface area (Å²) in [4.78, 5) is 28.2. The highest BCUT2D eigenvalue weighted by atomic mass is 32.2. The van der Waals surface area contributed by atoms with Gasteiger partial charge in [0.2, 0.25) is 5.91 Å². The molecule has 0 aromatic heterocycles. The van der Waals surface area contributed by atoms with Crippen molar-refractivity contribution in [3.63, 3.8) is 0 Å². The Morgan fingerprint density at radius 3 is 2.47 bits per heavy atom. The van der Waals surface area contributed by atoms with Crippen molar-refractivity contribution < 1.29 is 27.5 Å². The molecule has 34 heavy (non-hydrogen) atoms. The van der Waals surface area contributed by atoms with Gasteiger partial charge in [0.1, 0.15) is 24.7 Å². The highest BCUT2D eigenvalue weighted by Gasteiger charge is 2.48. The largest absolute Gasteiger partial charge is 0.486 e. The van der Waals surface area contributed by atoms with Crippen LogP contribution in [0.15, 0.2) is 41.3 Å². The normalized spacial score (nSPS) is 23.7. The summed E-state index contributed by atoms with van der Waals surface area (Å²) in [6.45, 7) is 2.93. The molecule has 2 aromatic rings. The first-order chi connectivity index (χ1) is 16.3. The van der Waals surface area contributed by atoms with E-state index >= 15 is 0 Å². The van der Waals surface area contributed by atoms with Crippen molar-refractivity contribution in [1.82, 2.24) is 9.21 Å². The number of fused-ring (bicyclic) bond motifs is 4. The average Bonchev–Trinajstić information content (AvgIpc) is 3.39. The van der Waals surface area contributed by atoms with Crippen molar-refractivity contribution in [3.05, 3.63) is 53.1 Å². The molecule has 1 unspecified atom stereocenters. The van der Waals surface area contributed by atoms with Crippen LogP contribution in [0.3, 0.4) is 0 Å². The predicted octanol–water partition coefficient (Wildman–Crippen LogP) is 3.02. The number of carbonyl (C=O) groups excluding carboxylic acids is 2. The summed E-state index contributed by atoms with van der Waals surface area (Å²) >= 11 is 0. The molecule has 3 aliphatic heterocycles. The lowest BCUT2D eigenvalue weighted by Crippen LogP contribution is -2.51. The molecule has 1 aliphatic carbocycles. The fourth-order valence-corrected chi connectivity index (χ4v) is 7.53. The zero-order valence-electron chi connectivity index (χ0n) is 19.0. The Bertz CT molecular complexity index is 1310. The van der Waals surface area contributed by atoms with Crippen LogP contribution in [0.2, 0.25) is 0 Å². The van der Waals surface area contributed by atoms with Crippen molar-refractivity contribution in [2.75, 3.05) is 26.3 Å². The average molecular weight is 483 g/mol. The first-order valence-electron chi connectivity index (χ1n) is 11.7. The van der Waals surface area contributed by atoms with E-state index in [1.807, 2.05) is 13.0 Å². The quantitative estimate of drug-likeness (QED) is 0.653. The van der Waals surface area contributed by atoms with E-state index in [-0.39, 0.29) is 27.8 Å². The van der Waals surface area contributed by atoms with Gasteiger partial charge in [-0.3, -0.25) is 9.59 Å². The summed E-state index contributed by atoms with van der Waals surface area (Å²) in [5, 5.41) is 0. The van der Waals surface area contributed by atoms with Crippen LogP contribution >= 0.6 is 0 Å². The van der Waals surface area contributed by atoms with Crippen molar-refractivity contribution in [2.45, 2.75) is 49.0 Å². The molecule has 0 N–H and O–H groups in total. The van der Waals surface area contributed by atoms with Crippen molar-refractivity contribution in [1.29, 1.82) is 0 Å². The molecule has 178 valence electrons. The molecule has 0 bridgehead atoms. The van der Waals surface area contributed by atoms with Crippen LogP contribution in [0.25, 0.3) is 0 Å². The standard InChI is InChI=1S/C25H26N2O6S/c1-16-18-12-20-21(33-11-10-32-20)13-19(18)25(8-4-5-9-25)15-26(16)23(28)14-27-24(29)17-6-2-3-7-22(17)34(27,30)31/h2-3,6-7,12-13,16H,4-5,8-11,14-15H2,1H3. The van der Waals surface area contributed by atoms with Gasteiger partial charge in [-0.25, -0.2) is 12.7 Å². The summed E-state index contributed by atoms with van der Waals surface area (Å²) in [6.07, 6.45) is 4.03. The molecular formula is C25H26N2O6S. The van der Waals surface area contributed by atoms with E-state index in [0.717, 1.165) is 37.0 Å². The predicted molar refractivity (Wildman–Crippen MR) is 122 cm³/mol. The fraction of sp³-hybridized carbons (Fsp3) is 0.440. The Morgan fingerprint density at radius 2 is 1.76 bits per heavy atom. The highest BCUT2D eigenvalue weighted by Crippen LogP contribution is 2.52. The van der Waals surface area contributed by atoms with Crippen LogP contribution < -0.4 is 9.47 Å². The van der Waals surface area contributed by atoms with Crippen molar-refractivity contribution in [3.8, 4) is 11.5 Å². The van der Waals surface area contributed by atoms with E-state index in [9.17, 15) is 18.0 Å². The lowest BCUT2D eigenvalue weighted by Gasteiger charge is -2.46. The smallest absolute Gasteiger partial charge is 0.269 e. The van der Waals surface area contributed by atoms with Crippen molar-refractivity contribution in [2.24, 2.45) is 0 Å². The molecule has 2 amide bonds. The minimum atomic E-state index is -4.05. The molecule has 1 saturated carbocycles. The molecule has 9 heteroatoms. The topological polar surface area (TPSA) is 93.2 Å². The third-order valence-electron chi connectivity index (χ3n) is 7.75. The molecule has 6 rings (SSSR count). The second kappa shape index (κ2) is 7.46. The maximum atomic E-state index is 13.6. The van der Waals surface area contributed by atoms with Gasteiger partial charge in [-0.15, -0.1) is 0 Å². The van der Waals surface area contributed by atoms with Gasteiger partial charge in [-0.1, -0.05) is 25.0 Å². The van der Waals surface area contributed by atoms with Gasteiger partial charge < -0.3 is 14.4 Å². The number of rotatable bonds is 2. The number of carbonyl (C=O) groups is 2. The molecular weight excluding hydrogens is 456 g/mol. The molecule has 0 radical (unpaired) electrons. The molecule has 3 heterocycles. The van der Waals surface area contributed by atoms with Gasteiger partial charge in [0.05, 0.1) is 11.6 Å². The van der Waals surface area contributed by atoms with E-state index in [2.05, 4.69) is 6.07 Å². The number of sulfonamides is 1. The molecule has 1 spiro atoms. The third-order valence-corrected chi connectivity index (χ3v) is 9.54. The summed E-state index contributed by atoms with van der Waals surface area (Å²) in [7, 11) is -4.05. The Balaban J connectivity index is 1.35. The van der Waals surface area contributed by atoms with Gasteiger partial charge >= 0.3 is 0 Å². The lowest BCUT2D eigenvalue weighted by molar-refractivity contribution is -0.135. The molecule has 8 nitrogen and oxygen atoms in total. The Hall–Kier alpha value is -3.07. The highest BCUT2D eigenvalue weighted by molar-refractivity contribution is 7.90. The minimum Gasteiger partial charge on any atom is -0.486 e. The summed E-state index contributed by atoms with van der Waals surface area (Å²) < 4.78 is 38.4. The van der Waals surface area contributed by atoms with Crippen LogP contribution in [0.5, 0.6) is 11.5 Å². The number of nitrogens with zero attached hydrogens (tertiary/aromatic N) is 2. The molecule has 4 aliphatic rings. The van der Waals surface area contributed by atoms with Crippen LogP contribution in [0.1, 0.15) is 60.1 Å². The molecule has 0 saturated heterocycles. The Labute approximate surface area is 198 Å². The number of hydrogen-bond acceptors (Lipinski definition) is 6. The van der Waals surface area contributed by atoms with Gasteiger partial charge in [-0.05, 0) is 55.2 Å². The zero-order valence-corrected chi connectivity index (χ0v) is 19.8. The second-order valence-corrected chi connectivity index (χ2v) is 11.4. The maximum Gasteiger partial charge on any atom is 0.269 e. The molecule has 1 atom stereocenters. The number of hydrogen-bond donors (Lipinski definition) is 0. The van der Waals surface area contributed by atoms with Crippen LogP contribution in [0.4, 0.5) is 0 Å². The lowest BCUT2D eigenvalue weighted by atomic mass is 9.71. The van der Waals surface area contributed by atoms with Crippen molar-refractivity contribution >= 4 is 21.8 Å². The van der Waals surface area contributed by atoms with Gasteiger partial charge in [0, 0.05) is 12.0 Å². The monoisotopic (exact) mass is 482 g/mol.